The standard InChI is InChI=1S/C17H12BrNO4/c1-7-8(2)12-14(15(18)9(7)3)17(21)13-10(16(12)20)5-4-6-11(13)19(22)23/h4-6H,1-3H3. The fourth-order valence-corrected chi connectivity index (χ4v) is 3.67. The Morgan fingerprint density at radius 1 is 0.913 bits per heavy atom. The Balaban J connectivity index is 2.46. The summed E-state index contributed by atoms with van der Waals surface area (Å²) in [5, 5.41) is 11.2. The molecule has 5 nitrogen and oxygen atoms in total. The topological polar surface area (TPSA) is 77.3 Å². The number of rotatable bonds is 1. The van der Waals surface area contributed by atoms with E-state index in [0.717, 1.165) is 16.7 Å². The minimum absolute atomic E-state index is 0.0925. The molecule has 0 radical (unpaired) electrons. The van der Waals surface area contributed by atoms with Gasteiger partial charge < -0.3 is 0 Å². The Morgan fingerprint density at radius 2 is 1.57 bits per heavy atom. The van der Waals surface area contributed by atoms with Crippen LogP contribution in [0.25, 0.3) is 0 Å². The van der Waals surface area contributed by atoms with Crippen molar-refractivity contribution in [3.8, 4) is 0 Å². The number of benzene rings is 2. The Kier molecular flexibility index (Phi) is 3.44. The quantitative estimate of drug-likeness (QED) is 0.476. The summed E-state index contributed by atoms with van der Waals surface area (Å²) in [4.78, 5) is 36.4. The fraction of sp³-hybridized carbons (Fsp3) is 0.176. The van der Waals surface area contributed by atoms with Crippen molar-refractivity contribution < 1.29 is 14.5 Å². The van der Waals surface area contributed by atoms with Gasteiger partial charge >= 0.3 is 0 Å². The van der Waals surface area contributed by atoms with Gasteiger partial charge in [-0.05, 0) is 59.5 Å². The van der Waals surface area contributed by atoms with Crippen molar-refractivity contribution in [2.24, 2.45) is 0 Å². The first kappa shape index (κ1) is 15.6. The lowest BCUT2D eigenvalue weighted by atomic mass is 9.79. The number of carbonyl (C=O) groups excluding carboxylic acids is 2. The molecule has 0 aliphatic heterocycles. The van der Waals surface area contributed by atoms with Gasteiger partial charge in [-0.15, -0.1) is 0 Å². The monoisotopic (exact) mass is 373 g/mol. The van der Waals surface area contributed by atoms with Crippen molar-refractivity contribution >= 4 is 33.2 Å². The molecule has 6 heteroatoms. The molecule has 0 spiro atoms. The van der Waals surface area contributed by atoms with Gasteiger partial charge in [0, 0.05) is 27.2 Å². The zero-order valence-corrected chi connectivity index (χ0v) is 14.3. The predicted octanol–water partition coefficient (Wildman–Crippen LogP) is 4.06. The lowest BCUT2D eigenvalue weighted by Gasteiger charge is -2.23. The summed E-state index contributed by atoms with van der Waals surface area (Å²) in [6, 6.07) is 4.14. The molecule has 0 unspecified atom stereocenters. The van der Waals surface area contributed by atoms with Crippen LogP contribution >= 0.6 is 15.9 Å². The molecule has 0 saturated carbocycles. The highest BCUT2D eigenvalue weighted by Gasteiger charge is 2.38. The Hall–Kier alpha value is -2.34. The van der Waals surface area contributed by atoms with E-state index in [2.05, 4.69) is 15.9 Å². The van der Waals surface area contributed by atoms with Gasteiger partial charge in [0.1, 0.15) is 5.56 Å². The maximum Gasteiger partial charge on any atom is 0.281 e. The molecule has 0 amide bonds. The molecule has 2 aromatic carbocycles. The van der Waals surface area contributed by atoms with E-state index in [1.54, 1.807) is 6.92 Å². The van der Waals surface area contributed by atoms with Crippen molar-refractivity contribution in [1.82, 2.24) is 0 Å². The third kappa shape index (κ3) is 1.98. The van der Waals surface area contributed by atoms with E-state index < -0.39 is 10.7 Å². The summed E-state index contributed by atoms with van der Waals surface area (Å²) in [6.07, 6.45) is 0. The minimum Gasteiger partial charge on any atom is -0.289 e. The Bertz CT molecular complexity index is 931. The molecule has 0 N–H and O–H groups in total. The molecule has 2 aromatic rings. The molecule has 0 aromatic heterocycles. The van der Waals surface area contributed by atoms with E-state index >= 15 is 0 Å². The fourth-order valence-electron chi connectivity index (χ4n) is 2.99. The van der Waals surface area contributed by atoms with Crippen LogP contribution in [0.2, 0.25) is 0 Å². The van der Waals surface area contributed by atoms with E-state index in [1.165, 1.54) is 18.2 Å². The van der Waals surface area contributed by atoms with Crippen LogP contribution in [0.15, 0.2) is 22.7 Å². The molecular formula is C17H12BrNO4. The molecule has 0 saturated heterocycles. The molecule has 0 bridgehead atoms. The van der Waals surface area contributed by atoms with Crippen LogP contribution < -0.4 is 0 Å². The first-order valence-electron chi connectivity index (χ1n) is 6.93. The summed E-state index contributed by atoms with van der Waals surface area (Å²) in [5.41, 5.74) is 2.68. The van der Waals surface area contributed by atoms with Gasteiger partial charge in [0.25, 0.3) is 5.69 Å². The number of hydrogen-bond donors (Lipinski definition) is 0. The van der Waals surface area contributed by atoms with Gasteiger partial charge in [-0.3, -0.25) is 19.7 Å². The van der Waals surface area contributed by atoms with Gasteiger partial charge in [-0.25, -0.2) is 0 Å². The van der Waals surface area contributed by atoms with Crippen LogP contribution in [0.4, 0.5) is 5.69 Å². The predicted molar refractivity (Wildman–Crippen MR) is 88.3 cm³/mol. The van der Waals surface area contributed by atoms with E-state index in [-0.39, 0.29) is 28.2 Å². The SMILES string of the molecule is Cc1c(C)c(Br)c2c(c1C)C(=O)c1cccc([N+](=O)[O-])c1C2=O. The van der Waals surface area contributed by atoms with Crippen molar-refractivity contribution in [1.29, 1.82) is 0 Å². The highest BCUT2D eigenvalue weighted by Crippen LogP contribution is 2.40. The number of fused-ring (bicyclic) bond motifs is 2. The van der Waals surface area contributed by atoms with Gasteiger partial charge in [0.05, 0.1) is 4.92 Å². The summed E-state index contributed by atoms with van der Waals surface area (Å²) >= 11 is 3.39. The van der Waals surface area contributed by atoms with Crippen LogP contribution in [0.3, 0.4) is 0 Å². The molecule has 3 rings (SSSR count). The minimum atomic E-state index is -0.628. The second-order valence-corrected chi connectivity index (χ2v) is 6.35. The lowest BCUT2D eigenvalue weighted by Crippen LogP contribution is -2.25. The molecule has 0 fully saturated rings. The Morgan fingerprint density at radius 3 is 2.17 bits per heavy atom. The highest BCUT2D eigenvalue weighted by molar-refractivity contribution is 9.10. The summed E-state index contributed by atoms with van der Waals surface area (Å²) in [6.45, 7) is 5.52. The number of nitro groups is 1. The van der Waals surface area contributed by atoms with E-state index in [4.69, 9.17) is 0 Å². The van der Waals surface area contributed by atoms with Crippen molar-refractivity contribution in [3.63, 3.8) is 0 Å². The number of nitro benzene ring substituents is 1. The van der Waals surface area contributed by atoms with Crippen molar-refractivity contribution in [2.75, 3.05) is 0 Å². The third-order valence-corrected chi connectivity index (χ3v) is 5.45. The van der Waals surface area contributed by atoms with Crippen LogP contribution in [0.1, 0.15) is 48.5 Å². The smallest absolute Gasteiger partial charge is 0.281 e. The second kappa shape index (κ2) is 5.09. The van der Waals surface area contributed by atoms with Crippen LogP contribution in [-0.2, 0) is 0 Å². The summed E-state index contributed by atoms with van der Waals surface area (Å²) in [7, 11) is 0. The normalized spacial score (nSPS) is 12.9. The highest BCUT2D eigenvalue weighted by atomic mass is 79.9. The number of nitrogens with zero attached hydrogens (tertiary/aromatic N) is 1. The van der Waals surface area contributed by atoms with E-state index in [0.29, 0.717) is 10.0 Å². The average Bonchev–Trinajstić information content (AvgIpc) is 2.53. The molecule has 0 atom stereocenters. The molecule has 0 heterocycles. The largest absolute Gasteiger partial charge is 0.289 e. The van der Waals surface area contributed by atoms with Crippen molar-refractivity contribution in [2.45, 2.75) is 20.8 Å². The first-order chi connectivity index (χ1) is 10.8. The van der Waals surface area contributed by atoms with Gasteiger partial charge in [0.2, 0.25) is 5.78 Å². The molecule has 1 aliphatic carbocycles. The number of hydrogen-bond acceptors (Lipinski definition) is 4. The average molecular weight is 374 g/mol. The third-order valence-electron chi connectivity index (χ3n) is 4.46. The summed E-state index contributed by atoms with van der Waals surface area (Å²) in [5.74, 6) is -0.834. The van der Waals surface area contributed by atoms with E-state index in [1.807, 2.05) is 13.8 Å². The maximum absolute atomic E-state index is 12.9. The zero-order chi connectivity index (χ0) is 17.0. The maximum atomic E-state index is 12.9. The van der Waals surface area contributed by atoms with Crippen LogP contribution in [0, 0.1) is 30.9 Å². The second-order valence-electron chi connectivity index (χ2n) is 5.55. The van der Waals surface area contributed by atoms with Gasteiger partial charge in [0.15, 0.2) is 5.78 Å². The number of ketones is 2. The van der Waals surface area contributed by atoms with Crippen LogP contribution in [0.5, 0.6) is 0 Å². The van der Waals surface area contributed by atoms with Gasteiger partial charge in [-0.2, -0.15) is 0 Å². The molecule has 116 valence electrons. The zero-order valence-electron chi connectivity index (χ0n) is 12.7. The number of carbonyl (C=O) groups is 2. The van der Waals surface area contributed by atoms with E-state index in [9.17, 15) is 19.7 Å². The molecule has 1 aliphatic rings. The summed E-state index contributed by atoms with van der Waals surface area (Å²) < 4.78 is 0.526. The first-order valence-corrected chi connectivity index (χ1v) is 7.72. The lowest BCUT2D eigenvalue weighted by molar-refractivity contribution is -0.385. The molecular weight excluding hydrogens is 362 g/mol. The molecule has 23 heavy (non-hydrogen) atoms. The van der Waals surface area contributed by atoms with Crippen molar-refractivity contribution in [3.05, 3.63) is 71.7 Å². The van der Waals surface area contributed by atoms with Gasteiger partial charge in [-0.1, -0.05) is 6.07 Å². The Labute approximate surface area is 140 Å². The van der Waals surface area contributed by atoms with Crippen LogP contribution in [-0.4, -0.2) is 16.5 Å². The number of halogens is 1.